The molecule has 0 aromatic heterocycles. The maximum Gasteiger partial charge on any atom is 0.101 e. The van der Waals surface area contributed by atoms with Gasteiger partial charge in [-0.15, -0.1) is 0 Å². The van der Waals surface area contributed by atoms with E-state index >= 15 is 0 Å². The zero-order valence-electron chi connectivity index (χ0n) is 9.20. The van der Waals surface area contributed by atoms with Crippen LogP contribution in [-0.4, -0.2) is 25.7 Å². The molecular formula is C12H14ClN3. The van der Waals surface area contributed by atoms with Crippen LogP contribution >= 0.6 is 11.6 Å². The van der Waals surface area contributed by atoms with Crippen molar-refractivity contribution in [3.63, 3.8) is 0 Å². The standard InChI is InChI=1S/C12H14ClN3/c1-9-8-15-4-5-16(9)12-3-2-11(13)6-10(12)7-14/h2-3,6,9,15H,4-5,8H2,1H3. The van der Waals surface area contributed by atoms with Gasteiger partial charge in [-0.05, 0) is 25.1 Å². The van der Waals surface area contributed by atoms with Crippen molar-refractivity contribution in [2.75, 3.05) is 24.5 Å². The molecule has 1 N–H and O–H groups in total. The van der Waals surface area contributed by atoms with E-state index in [-0.39, 0.29) is 0 Å². The molecule has 1 unspecified atom stereocenters. The molecule has 1 aliphatic heterocycles. The first kappa shape index (κ1) is 11.3. The van der Waals surface area contributed by atoms with Gasteiger partial charge in [0.1, 0.15) is 6.07 Å². The van der Waals surface area contributed by atoms with Gasteiger partial charge in [0.2, 0.25) is 0 Å². The molecular weight excluding hydrogens is 222 g/mol. The Bertz CT molecular complexity index is 425. The van der Waals surface area contributed by atoms with E-state index in [0.29, 0.717) is 16.6 Å². The van der Waals surface area contributed by atoms with E-state index < -0.39 is 0 Å². The van der Waals surface area contributed by atoms with Crippen LogP contribution in [0.2, 0.25) is 5.02 Å². The highest BCUT2D eigenvalue weighted by Gasteiger charge is 2.20. The third kappa shape index (κ3) is 2.13. The largest absolute Gasteiger partial charge is 0.365 e. The highest BCUT2D eigenvalue weighted by atomic mass is 35.5. The Balaban J connectivity index is 2.35. The van der Waals surface area contributed by atoms with Gasteiger partial charge in [0.15, 0.2) is 0 Å². The number of benzene rings is 1. The van der Waals surface area contributed by atoms with Crippen molar-refractivity contribution in [2.45, 2.75) is 13.0 Å². The predicted octanol–water partition coefficient (Wildman–Crippen LogP) is 2.01. The molecule has 4 heteroatoms. The fraction of sp³-hybridized carbons (Fsp3) is 0.417. The molecule has 0 radical (unpaired) electrons. The molecule has 0 bridgehead atoms. The molecule has 1 saturated heterocycles. The first-order valence-electron chi connectivity index (χ1n) is 5.39. The summed E-state index contributed by atoms with van der Waals surface area (Å²) in [5, 5.41) is 13.1. The maximum absolute atomic E-state index is 9.11. The minimum absolute atomic E-state index is 0.405. The van der Waals surface area contributed by atoms with Crippen molar-refractivity contribution in [3.8, 4) is 6.07 Å². The lowest BCUT2D eigenvalue weighted by molar-refractivity contribution is 0.500. The number of nitrogens with one attached hydrogen (secondary N) is 1. The minimum atomic E-state index is 0.405. The number of piperazine rings is 1. The summed E-state index contributed by atoms with van der Waals surface area (Å²) >= 11 is 5.89. The molecule has 0 aliphatic carbocycles. The lowest BCUT2D eigenvalue weighted by Crippen LogP contribution is -2.50. The Labute approximate surface area is 101 Å². The van der Waals surface area contributed by atoms with Crippen LogP contribution in [0.1, 0.15) is 12.5 Å². The van der Waals surface area contributed by atoms with E-state index in [1.165, 1.54) is 0 Å². The molecule has 84 valence electrons. The van der Waals surface area contributed by atoms with E-state index in [4.69, 9.17) is 16.9 Å². The van der Waals surface area contributed by atoms with E-state index in [0.717, 1.165) is 25.3 Å². The van der Waals surface area contributed by atoms with Gasteiger partial charge in [0.05, 0.1) is 11.3 Å². The Morgan fingerprint density at radius 2 is 2.38 bits per heavy atom. The molecule has 1 aliphatic rings. The van der Waals surface area contributed by atoms with Crippen LogP contribution in [-0.2, 0) is 0 Å². The monoisotopic (exact) mass is 235 g/mol. The molecule has 1 heterocycles. The molecule has 1 atom stereocenters. The van der Waals surface area contributed by atoms with Crippen molar-refractivity contribution in [3.05, 3.63) is 28.8 Å². The smallest absolute Gasteiger partial charge is 0.101 e. The van der Waals surface area contributed by atoms with Gasteiger partial charge >= 0.3 is 0 Å². The number of hydrogen-bond donors (Lipinski definition) is 1. The summed E-state index contributed by atoms with van der Waals surface area (Å²) in [7, 11) is 0. The number of nitriles is 1. The zero-order valence-corrected chi connectivity index (χ0v) is 9.96. The summed E-state index contributed by atoms with van der Waals surface area (Å²) in [6.45, 7) is 4.99. The van der Waals surface area contributed by atoms with Crippen molar-refractivity contribution in [2.24, 2.45) is 0 Å². The molecule has 2 rings (SSSR count). The first-order valence-corrected chi connectivity index (χ1v) is 5.77. The predicted molar refractivity (Wildman–Crippen MR) is 65.8 cm³/mol. The van der Waals surface area contributed by atoms with Gasteiger partial charge in [-0.3, -0.25) is 0 Å². The Hall–Kier alpha value is -1.24. The lowest BCUT2D eigenvalue weighted by Gasteiger charge is -2.36. The molecule has 3 nitrogen and oxygen atoms in total. The quantitative estimate of drug-likeness (QED) is 0.810. The van der Waals surface area contributed by atoms with Crippen LogP contribution in [0.25, 0.3) is 0 Å². The fourth-order valence-electron chi connectivity index (χ4n) is 2.05. The Morgan fingerprint density at radius 3 is 3.06 bits per heavy atom. The highest BCUT2D eigenvalue weighted by molar-refractivity contribution is 6.30. The van der Waals surface area contributed by atoms with Crippen LogP contribution in [0.4, 0.5) is 5.69 Å². The summed E-state index contributed by atoms with van der Waals surface area (Å²) in [6.07, 6.45) is 0. The molecule has 1 aromatic carbocycles. The van der Waals surface area contributed by atoms with Gasteiger partial charge < -0.3 is 10.2 Å². The molecule has 0 spiro atoms. The fourth-order valence-corrected chi connectivity index (χ4v) is 2.22. The molecule has 0 saturated carbocycles. The van der Waals surface area contributed by atoms with Crippen molar-refractivity contribution in [1.29, 1.82) is 5.26 Å². The van der Waals surface area contributed by atoms with E-state index in [1.54, 1.807) is 6.07 Å². The second-order valence-corrected chi connectivity index (χ2v) is 4.46. The number of halogens is 1. The second kappa shape index (κ2) is 4.73. The average Bonchev–Trinajstić information content (AvgIpc) is 2.30. The topological polar surface area (TPSA) is 39.1 Å². The normalized spacial score (nSPS) is 20.6. The maximum atomic E-state index is 9.11. The summed E-state index contributed by atoms with van der Waals surface area (Å²) < 4.78 is 0. The highest BCUT2D eigenvalue weighted by Crippen LogP contribution is 2.25. The van der Waals surface area contributed by atoms with Crippen LogP contribution in [0, 0.1) is 11.3 Å². The van der Waals surface area contributed by atoms with Gasteiger partial charge in [0, 0.05) is 30.7 Å². The van der Waals surface area contributed by atoms with E-state index in [2.05, 4.69) is 23.2 Å². The molecule has 1 fully saturated rings. The summed E-state index contributed by atoms with van der Waals surface area (Å²) in [5.74, 6) is 0. The summed E-state index contributed by atoms with van der Waals surface area (Å²) in [4.78, 5) is 2.26. The van der Waals surface area contributed by atoms with Gasteiger partial charge in [0.25, 0.3) is 0 Å². The SMILES string of the molecule is CC1CNCCN1c1ccc(Cl)cc1C#N. The van der Waals surface area contributed by atoms with E-state index in [1.807, 2.05) is 12.1 Å². The lowest BCUT2D eigenvalue weighted by atomic mass is 10.1. The molecule has 0 amide bonds. The van der Waals surface area contributed by atoms with Gasteiger partial charge in [-0.25, -0.2) is 0 Å². The van der Waals surface area contributed by atoms with Crippen LogP contribution in [0.3, 0.4) is 0 Å². The number of anilines is 1. The van der Waals surface area contributed by atoms with Crippen LogP contribution in [0.15, 0.2) is 18.2 Å². The van der Waals surface area contributed by atoms with Crippen molar-refractivity contribution < 1.29 is 0 Å². The number of nitrogens with zero attached hydrogens (tertiary/aromatic N) is 2. The van der Waals surface area contributed by atoms with Gasteiger partial charge in [-0.2, -0.15) is 5.26 Å². The third-order valence-corrected chi connectivity index (χ3v) is 3.12. The number of hydrogen-bond acceptors (Lipinski definition) is 3. The molecule has 16 heavy (non-hydrogen) atoms. The first-order chi connectivity index (χ1) is 7.72. The minimum Gasteiger partial charge on any atom is -0.365 e. The number of rotatable bonds is 1. The third-order valence-electron chi connectivity index (χ3n) is 2.89. The molecule has 1 aromatic rings. The van der Waals surface area contributed by atoms with Crippen molar-refractivity contribution >= 4 is 17.3 Å². The van der Waals surface area contributed by atoms with Gasteiger partial charge in [-0.1, -0.05) is 11.6 Å². The van der Waals surface area contributed by atoms with Crippen molar-refractivity contribution in [1.82, 2.24) is 5.32 Å². The van der Waals surface area contributed by atoms with Crippen LogP contribution in [0.5, 0.6) is 0 Å². The average molecular weight is 236 g/mol. The summed E-state index contributed by atoms with van der Waals surface area (Å²) in [6, 6.07) is 8.11. The van der Waals surface area contributed by atoms with Crippen LogP contribution < -0.4 is 10.2 Å². The van der Waals surface area contributed by atoms with E-state index in [9.17, 15) is 0 Å². The summed E-state index contributed by atoms with van der Waals surface area (Å²) in [5.41, 5.74) is 1.64. The zero-order chi connectivity index (χ0) is 11.5. The second-order valence-electron chi connectivity index (χ2n) is 4.02. The Morgan fingerprint density at radius 1 is 1.56 bits per heavy atom. The Kier molecular flexibility index (Phi) is 3.33.